The Labute approximate surface area is 132 Å². The number of unbranched alkanes of at least 4 members (excludes halogenated alkanes) is 4. The number of nitrogens with one attached hydrogen (secondary N) is 1. The van der Waals surface area contributed by atoms with Crippen molar-refractivity contribution >= 4 is 18.0 Å². The standard InChI is InChI=1S/C17H23NO4.H2/c19-15-9-6-5-8-14(15)11-12-16(20)18-13-7-3-1-2-4-10-17(21)22;/h5-6,8-9,11-12,19H,1-4,7,10,13H2,(H,18,20)(H,21,22);1H/b12-11+;. The average Bonchev–Trinajstić information content (AvgIpc) is 2.49. The smallest absolute Gasteiger partial charge is 0.303 e. The van der Waals surface area contributed by atoms with Crippen LogP contribution in [0.2, 0.25) is 0 Å². The first kappa shape index (κ1) is 17.8. The van der Waals surface area contributed by atoms with Gasteiger partial charge in [0.25, 0.3) is 0 Å². The number of phenolic OH excluding ortho intramolecular Hbond substituents is 1. The number of phenols is 1. The van der Waals surface area contributed by atoms with Crippen molar-refractivity contribution in [1.82, 2.24) is 5.32 Å². The zero-order chi connectivity index (χ0) is 16.2. The fraction of sp³-hybridized carbons (Fsp3) is 0.412. The van der Waals surface area contributed by atoms with Gasteiger partial charge < -0.3 is 15.5 Å². The summed E-state index contributed by atoms with van der Waals surface area (Å²) in [6.45, 7) is 0.600. The maximum atomic E-state index is 11.6. The van der Waals surface area contributed by atoms with Crippen molar-refractivity contribution < 1.29 is 21.2 Å². The van der Waals surface area contributed by atoms with Crippen LogP contribution in [0.15, 0.2) is 30.3 Å². The van der Waals surface area contributed by atoms with E-state index >= 15 is 0 Å². The van der Waals surface area contributed by atoms with Gasteiger partial charge in [0.1, 0.15) is 5.75 Å². The number of aliphatic carboxylic acids is 1. The lowest BCUT2D eigenvalue weighted by atomic mass is 10.1. The van der Waals surface area contributed by atoms with E-state index in [1.54, 1.807) is 30.3 Å². The Bertz CT molecular complexity index is 517. The van der Waals surface area contributed by atoms with E-state index in [2.05, 4.69) is 5.32 Å². The van der Waals surface area contributed by atoms with Crippen LogP contribution in [-0.2, 0) is 9.59 Å². The summed E-state index contributed by atoms with van der Waals surface area (Å²) in [6.07, 6.45) is 7.67. The minimum atomic E-state index is -0.747. The first-order chi connectivity index (χ1) is 10.6. The Morgan fingerprint density at radius 2 is 1.77 bits per heavy atom. The predicted octanol–water partition coefficient (Wildman–Crippen LogP) is 3.19. The molecule has 0 atom stereocenters. The highest BCUT2D eigenvalue weighted by Gasteiger charge is 1.99. The van der Waals surface area contributed by atoms with Crippen molar-refractivity contribution in [2.24, 2.45) is 0 Å². The van der Waals surface area contributed by atoms with E-state index in [-0.39, 0.29) is 19.5 Å². The van der Waals surface area contributed by atoms with Crippen LogP contribution in [0.25, 0.3) is 6.08 Å². The summed E-state index contributed by atoms with van der Waals surface area (Å²) in [5, 5.41) is 20.8. The third kappa shape index (κ3) is 8.09. The van der Waals surface area contributed by atoms with Gasteiger partial charge >= 0.3 is 5.97 Å². The predicted molar refractivity (Wildman–Crippen MR) is 87.6 cm³/mol. The second kappa shape index (κ2) is 10.4. The maximum Gasteiger partial charge on any atom is 0.303 e. The Morgan fingerprint density at radius 3 is 2.50 bits per heavy atom. The molecule has 0 fully saturated rings. The van der Waals surface area contributed by atoms with Crippen molar-refractivity contribution in [1.29, 1.82) is 0 Å². The summed E-state index contributed by atoms with van der Waals surface area (Å²) >= 11 is 0. The molecule has 1 aromatic carbocycles. The summed E-state index contributed by atoms with van der Waals surface area (Å²) in [6, 6.07) is 6.82. The minimum Gasteiger partial charge on any atom is -0.507 e. The van der Waals surface area contributed by atoms with Gasteiger partial charge in [-0.15, -0.1) is 0 Å². The van der Waals surface area contributed by atoms with Gasteiger partial charge in [0, 0.05) is 26.0 Å². The maximum absolute atomic E-state index is 11.6. The first-order valence-corrected chi connectivity index (χ1v) is 7.55. The molecule has 0 radical (unpaired) electrons. The van der Waals surface area contributed by atoms with Gasteiger partial charge in [-0.05, 0) is 25.0 Å². The summed E-state index contributed by atoms with van der Waals surface area (Å²) < 4.78 is 0. The van der Waals surface area contributed by atoms with Gasteiger partial charge in [0.2, 0.25) is 5.91 Å². The number of para-hydroxylation sites is 1. The van der Waals surface area contributed by atoms with E-state index < -0.39 is 5.97 Å². The van der Waals surface area contributed by atoms with Gasteiger partial charge in [0.05, 0.1) is 0 Å². The molecule has 22 heavy (non-hydrogen) atoms. The van der Waals surface area contributed by atoms with Gasteiger partial charge in [-0.2, -0.15) is 0 Å². The summed E-state index contributed by atoms with van der Waals surface area (Å²) in [4.78, 5) is 21.9. The highest BCUT2D eigenvalue weighted by Crippen LogP contribution is 2.16. The van der Waals surface area contributed by atoms with E-state index in [1.807, 2.05) is 0 Å². The van der Waals surface area contributed by atoms with Crippen molar-refractivity contribution in [2.75, 3.05) is 6.54 Å². The van der Waals surface area contributed by atoms with Crippen molar-refractivity contribution in [3.63, 3.8) is 0 Å². The number of hydrogen-bond donors (Lipinski definition) is 3. The fourth-order valence-electron chi connectivity index (χ4n) is 2.00. The molecule has 0 saturated heterocycles. The molecule has 1 amide bonds. The van der Waals surface area contributed by atoms with E-state index in [4.69, 9.17) is 5.11 Å². The van der Waals surface area contributed by atoms with Crippen LogP contribution in [0.5, 0.6) is 5.75 Å². The Balaban J connectivity index is 0.00000484. The van der Waals surface area contributed by atoms with E-state index in [9.17, 15) is 14.7 Å². The van der Waals surface area contributed by atoms with Crippen LogP contribution < -0.4 is 5.32 Å². The second-order valence-electron chi connectivity index (χ2n) is 5.09. The van der Waals surface area contributed by atoms with Crippen LogP contribution in [0, 0.1) is 0 Å². The number of carboxylic acid groups (broad SMARTS) is 1. The van der Waals surface area contributed by atoms with Gasteiger partial charge in [0.15, 0.2) is 0 Å². The molecule has 1 rings (SSSR count). The van der Waals surface area contributed by atoms with E-state index in [0.29, 0.717) is 18.5 Å². The largest absolute Gasteiger partial charge is 0.507 e. The number of carboxylic acids is 1. The Morgan fingerprint density at radius 1 is 1.09 bits per heavy atom. The molecular formula is C17H25NO4. The van der Waals surface area contributed by atoms with Gasteiger partial charge in [-0.3, -0.25) is 9.59 Å². The molecule has 0 spiro atoms. The number of benzene rings is 1. The summed E-state index contributed by atoms with van der Waals surface area (Å²) in [5.41, 5.74) is 0.607. The molecule has 0 saturated carbocycles. The molecular weight excluding hydrogens is 282 g/mol. The SMILES string of the molecule is O=C(O)CCCCCCCNC(=O)/C=C/c1ccccc1O.[HH]. The van der Waals surface area contributed by atoms with Gasteiger partial charge in [-0.25, -0.2) is 0 Å². The average molecular weight is 307 g/mol. The van der Waals surface area contributed by atoms with Crippen LogP contribution >= 0.6 is 0 Å². The minimum absolute atomic E-state index is 0. The van der Waals surface area contributed by atoms with Crippen molar-refractivity contribution in [3.8, 4) is 5.75 Å². The third-order valence-corrected chi connectivity index (χ3v) is 3.22. The topological polar surface area (TPSA) is 86.6 Å². The van der Waals surface area contributed by atoms with Crippen molar-refractivity contribution in [2.45, 2.75) is 38.5 Å². The molecule has 0 aliphatic carbocycles. The molecule has 1 aromatic rings. The lowest BCUT2D eigenvalue weighted by Gasteiger charge is -2.02. The van der Waals surface area contributed by atoms with Crippen LogP contribution in [0.4, 0.5) is 0 Å². The lowest BCUT2D eigenvalue weighted by Crippen LogP contribution is -2.21. The summed E-state index contributed by atoms with van der Waals surface area (Å²) in [5.74, 6) is -0.787. The molecule has 0 aliphatic rings. The lowest BCUT2D eigenvalue weighted by molar-refractivity contribution is -0.137. The zero-order valence-electron chi connectivity index (χ0n) is 12.6. The zero-order valence-corrected chi connectivity index (χ0v) is 12.6. The van der Waals surface area contributed by atoms with E-state index in [1.165, 1.54) is 6.08 Å². The monoisotopic (exact) mass is 307 g/mol. The number of carbonyl (C=O) groups excluding carboxylic acids is 1. The van der Waals surface area contributed by atoms with Crippen LogP contribution in [-0.4, -0.2) is 28.6 Å². The number of carbonyl (C=O) groups is 2. The molecule has 122 valence electrons. The fourth-order valence-corrected chi connectivity index (χ4v) is 2.00. The highest BCUT2D eigenvalue weighted by molar-refractivity contribution is 5.92. The normalized spacial score (nSPS) is 10.7. The molecule has 3 N–H and O–H groups in total. The molecule has 5 heteroatoms. The first-order valence-electron chi connectivity index (χ1n) is 7.55. The van der Waals surface area contributed by atoms with Crippen LogP contribution in [0.3, 0.4) is 0 Å². The quantitative estimate of drug-likeness (QED) is 0.457. The van der Waals surface area contributed by atoms with E-state index in [0.717, 1.165) is 25.7 Å². The number of amides is 1. The van der Waals surface area contributed by atoms with Crippen LogP contribution in [0.1, 0.15) is 45.5 Å². The van der Waals surface area contributed by atoms with Gasteiger partial charge in [-0.1, -0.05) is 37.5 Å². The highest BCUT2D eigenvalue weighted by atomic mass is 16.4. The summed E-state index contributed by atoms with van der Waals surface area (Å²) in [7, 11) is 0. The van der Waals surface area contributed by atoms with Crippen molar-refractivity contribution in [3.05, 3.63) is 35.9 Å². The number of aromatic hydroxyl groups is 1. The molecule has 5 nitrogen and oxygen atoms in total. The molecule has 0 aromatic heterocycles. The molecule has 0 aliphatic heterocycles. The second-order valence-corrected chi connectivity index (χ2v) is 5.09. The number of hydrogen-bond acceptors (Lipinski definition) is 3. The Hall–Kier alpha value is -2.30. The third-order valence-electron chi connectivity index (χ3n) is 3.22. The molecule has 0 unspecified atom stereocenters. The Kier molecular flexibility index (Phi) is 8.42. The molecule has 0 bridgehead atoms. The molecule has 0 heterocycles. The number of rotatable bonds is 10.